The Bertz CT molecular complexity index is 806. The van der Waals surface area contributed by atoms with Crippen LogP contribution in [0.25, 0.3) is 0 Å². The maximum atomic E-state index is 12.7. The predicted molar refractivity (Wildman–Crippen MR) is 105 cm³/mol. The summed E-state index contributed by atoms with van der Waals surface area (Å²) in [5.41, 5.74) is 1.46. The molecule has 1 saturated carbocycles. The van der Waals surface area contributed by atoms with E-state index in [1.165, 1.54) is 15.6 Å². The molecule has 0 unspecified atom stereocenters. The lowest BCUT2D eigenvalue weighted by molar-refractivity contribution is -0.120. The average Bonchev–Trinajstić information content (AvgIpc) is 3.42. The highest BCUT2D eigenvalue weighted by molar-refractivity contribution is 7.89. The Hall–Kier alpha value is -1.45. The highest BCUT2D eigenvalue weighted by Gasteiger charge is 2.34. The van der Waals surface area contributed by atoms with Gasteiger partial charge in [-0.3, -0.25) is 4.79 Å². The molecule has 1 amide bonds. The molecule has 2 aliphatic rings. The van der Waals surface area contributed by atoms with E-state index in [0.717, 1.165) is 18.4 Å². The Morgan fingerprint density at radius 3 is 2.44 bits per heavy atom. The van der Waals surface area contributed by atoms with Crippen molar-refractivity contribution in [2.75, 3.05) is 30.8 Å². The number of hydrogen-bond acceptors (Lipinski definition) is 6. The largest absolute Gasteiger partial charge is 0.462 e. The number of rotatable bonds is 7. The van der Waals surface area contributed by atoms with E-state index < -0.39 is 10.0 Å². The Morgan fingerprint density at radius 1 is 1.22 bits per heavy atom. The summed E-state index contributed by atoms with van der Waals surface area (Å²) in [5.74, 6) is -0.340. The Balaban J connectivity index is 1.67. The van der Waals surface area contributed by atoms with E-state index in [9.17, 15) is 18.0 Å². The number of carbonyl (C=O) groups excluding carboxylic acids is 2. The van der Waals surface area contributed by atoms with Crippen molar-refractivity contribution in [3.8, 4) is 0 Å². The van der Waals surface area contributed by atoms with Crippen molar-refractivity contribution >= 4 is 38.2 Å². The van der Waals surface area contributed by atoms with Crippen LogP contribution in [0.1, 0.15) is 61.4 Å². The predicted octanol–water partition coefficient (Wildman–Crippen LogP) is 2.80. The molecule has 2 heterocycles. The summed E-state index contributed by atoms with van der Waals surface area (Å²) in [6.07, 6.45) is 3.09. The first-order valence-electron chi connectivity index (χ1n) is 9.44. The summed E-state index contributed by atoms with van der Waals surface area (Å²) in [5, 5.41) is 5.39. The molecule has 1 aliphatic heterocycles. The lowest BCUT2D eigenvalue weighted by Gasteiger charge is -2.30. The second-order valence-corrected chi connectivity index (χ2v) is 10.1. The quantitative estimate of drug-likeness (QED) is 0.693. The molecule has 0 aromatic carbocycles. The fourth-order valence-electron chi connectivity index (χ4n) is 3.36. The first-order chi connectivity index (χ1) is 12.9. The summed E-state index contributed by atoms with van der Waals surface area (Å²) >= 11 is 1.36. The summed E-state index contributed by atoms with van der Waals surface area (Å²) in [6, 6.07) is 0. The van der Waals surface area contributed by atoms with E-state index in [1.807, 2.05) is 5.38 Å². The third-order valence-corrected chi connectivity index (χ3v) is 7.93. The number of thiophene rings is 1. The molecule has 0 spiro atoms. The van der Waals surface area contributed by atoms with Gasteiger partial charge >= 0.3 is 5.97 Å². The van der Waals surface area contributed by atoms with Crippen LogP contribution in [0.15, 0.2) is 5.38 Å². The molecule has 2 fully saturated rings. The number of carbonyl (C=O) groups is 2. The van der Waals surface area contributed by atoms with Crippen LogP contribution in [0.5, 0.6) is 0 Å². The highest BCUT2D eigenvalue weighted by Crippen LogP contribution is 2.46. The molecule has 0 atom stereocenters. The normalized spacial score (nSPS) is 19.0. The van der Waals surface area contributed by atoms with Gasteiger partial charge < -0.3 is 10.1 Å². The first-order valence-corrected chi connectivity index (χ1v) is 11.9. The zero-order chi connectivity index (χ0) is 19.6. The molecule has 1 saturated heterocycles. The number of hydrogen-bond donors (Lipinski definition) is 1. The lowest BCUT2D eigenvalue weighted by atomic mass is 9.97. The van der Waals surface area contributed by atoms with Gasteiger partial charge in [-0.25, -0.2) is 17.5 Å². The van der Waals surface area contributed by atoms with Crippen LogP contribution in [0, 0.1) is 5.92 Å². The molecule has 1 aromatic heterocycles. The van der Waals surface area contributed by atoms with Crippen molar-refractivity contribution in [3.05, 3.63) is 16.5 Å². The van der Waals surface area contributed by atoms with Crippen LogP contribution in [0.2, 0.25) is 0 Å². The van der Waals surface area contributed by atoms with Gasteiger partial charge in [0, 0.05) is 19.0 Å². The van der Waals surface area contributed by atoms with E-state index in [4.69, 9.17) is 4.74 Å². The number of piperidine rings is 1. The second-order valence-electron chi connectivity index (χ2n) is 6.95. The van der Waals surface area contributed by atoms with Crippen molar-refractivity contribution in [2.24, 2.45) is 5.92 Å². The summed E-state index contributed by atoms with van der Waals surface area (Å²) in [7, 11) is -3.21. The Kier molecular flexibility index (Phi) is 6.22. The number of sulfonamides is 1. The van der Waals surface area contributed by atoms with Gasteiger partial charge in [0.05, 0.1) is 17.9 Å². The molecular formula is C18H26N2O5S2. The van der Waals surface area contributed by atoms with Gasteiger partial charge in [0.25, 0.3) is 0 Å². The minimum atomic E-state index is -3.21. The third kappa shape index (κ3) is 4.52. The fraction of sp³-hybridized carbons (Fsp3) is 0.667. The van der Waals surface area contributed by atoms with Crippen LogP contribution in [-0.2, 0) is 19.6 Å². The van der Waals surface area contributed by atoms with Gasteiger partial charge in [0.1, 0.15) is 5.00 Å². The average molecular weight is 415 g/mol. The van der Waals surface area contributed by atoms with Gasteiger partial charge in [-0.2, -0.15) is 0 Å². The Labute approximate surface area is 164 Å². The van der Waals surface area contributed by atoms with Crippen molar-refractivity contribution in [3.63, 3.8) is 0 Å². The number of ether oxygens (including phenoxy) is 1. The molecule has 0 bridgehead atoms. The topological polar surface area (TPSA) is 92.8 Å². The van der Waals surface area contributed by atoms with Crippen LogP contribution in [0.3, 0.4) is 0 Å². The fourth-order valence-corrected chi connectivity index (χ4v) is 5.53. The molecule has 0 radical (unpaired) electrons. The van der Waals surface area contributed by atoms with Crippen LogP contribution in [0.4, 0.5) is 5.00 Å². The highest BCUT2D eigenvalue weighted by atomic mass is 32.2. The molecular weight excluding hydrogens is 388 g/mol. The molecule has 9 heteroatoms. The summed E-state index contributed by atoms with van der Waals surface area (Å²) in [4.78, 5) is 25.1. The van der Waals surface area contributed by atoms with Gasteiger partial charge in [-0.1, -0.05) is 0 Å². The third-order valence-electron chi connectivity index (χ3n) is 5.14. The van der Waals surface area contributed by atoms with Crippen molar-refractivity contribution < 1.29 is 22.7 Å². The maximum absolute atomic E-state index is 12.7. The molecule has 1 N–H and O–H groups in total. The summed E-state index contributed by atoms with van der Waals surface area (Å²) in [6.45, 7) is 4.39. The van der Waals surface area contributed by atoms with Gasteiger partial charge in [-0.15, -0.1) is 11.3 Å². The van der Waals surface area contributed by atoms with Gasteiger partial charge in [-0.05, 0) is 56.4 Å². The number of amides is 1. The van der Waals surface area contributed by atoms with Crippen molar-refractivity contribution in [2.45, 2.75) is 45.4 Å². The smallest absolute Gasteiger partial charge is 0.341 e. The van der Waals surface area contributed by atoms with Crippen LogP contribution < -0.4 is 5.32 Å². The van der Waals surface area contributed by atoms with E-state index in [0.29, 0.717) is 42.4 Å². The standard InChI is InChI=1S/C18H26N2O5S2/c1-3-25-18(22)15-14(12-5-6-12)11-26-17(15)19-16(21)13-7-9-20(10-8-13)27(23,24)4-2/h11-13H,3-10H2,1-2H3,(H,19,21). The zero-order valence-electron chi connectivity index (χ0n) is 15.7. The SMILES string of the molecule is CCOC(=O)c1c(C2CC2)csc1NC(=O)C1CCN(S(=O)(=O)CC)CC1. The van der Waals surface area contributed by atoms with E-state index in [1.54, 1.807) is 13.8 Å². The zero-order valence-corrected chi connectivity index (χ0v) is 17.3. The van der Waals surface area contributed by atoms with E-state index in [2.05, 4.69) is 5.32 Å². The molecule has 150 valence electrons. The van der Waals surface area contributed by atoms with Gasteiger partial charge in [0.15, 0.2) is 0 Å². The molecule has 7 nitrogen and oxygen atoms in total. The molecule has 1 aromatic rings. The number of esters is 1. The van der Waals surface area contributed by atoms with E-state index in [-0.39, 0.29) is 30.2 Å². The molecule has 1 aliphatic carbocycles. The maximum Gasteiger partial charge on any atom is 0.341 e. The van der Waals surface area contributed by atoms with Crippen LogP contribution >= 0.6 is 11.3 Å². The van der Waals surface area contributed by atoms with Crippen molar-refractivity contribution in [1.82, 2.24) is 4.31 Å². The molecule has 3 rings (SSSR count). The van der Waals surface area contributed by atoms with Crippen LogP contribution in [-0.4, -0.2) is 50.0 Å². The Morgan fingerprint density at radius 2 is 1.89 bits per heavy atom. The first kappa shape index (κ1) is 20.3. The number of anilines is 1. The van der Waals surface area contributed by atoms with Crippen molar-refractivity contribution in [1.29, 1.82) is 0 Å². The minimum Gasteiger partial charge on any atom is -0.462 e. The second kappa shape index (κ2) is 8.28. The van der Waals surface area contributed by atoms with E-state index >= 15 is 0 Å². The monoisotopic (exact) mass is 414 g/mol. The number of nitrogens with one attached hydrogen (secondary N) is 1. The lowest BCUT2D eigenvalue weighted by Crippen LogP contribution is -2.42. The molecule has 27 heavy (non-hydrogen) atoms. The summed E-state index contributed by atoms with van der Waals surface area (Å²) < 4.78 is 30.5. The number of nitrogens with zero attached hydrogens (tertiary/aromatic N) is 1. The minimum absolute atomic E-state index is 0.0753. The van der Waals surface area contributed by atoms with Gasteiger partial charge in [0.2, 0.25) is 15.9 Å².